The highest BCUT2D eigenvalue weighted by Gasteiger charge is 2.17. The first kappa shape index (κ1) is 15.0. The van der Waals surface area contributed by atoms with Crippen molar-refractivity contribution in [3.05, 3.63) is 54.0 Å². The fraction of sp³-hybridized carbons (Fsp3) is 0.188. The molecule has 0 unspecified atom stereocenters. The van der Waals surface area contributed by atoms with Crippen molar-refractivity contribution in [2.45, 2.75) is 6.61 Å². The largest absolute Gasteiger partial charge is 0.497 e. The third kappa shape index (κ3) is 3.00. The molecule has 0 saturated carbocycles. The average molecular weight is 313 g/mol. The lowest BCUT2D eigenvalue weighted by Gasteiger charge is -2.05. The van der Waals surface area contributed by atoms with E-state index in [1.165, 1.54) is 6.20 Å². The van der Waals surface area contributed by atoms with Crippen molar-refractivity contribution in [2.75, 3.05) is 14.2 Å². The van der Waals surface area contributed by atoms with Crippen molar-refractivity contribution in [3.63, 3.8) is 0 Å². The van der Waals surface area contributed by atoms with Crippen LogP contribution in [0.1, 0.15) is 16.1 Å². The molecule has 0 radical (unpaired) electrons. The number of hydrogen-bond acceptors (Lipinski definition) is 6. The van der Waals surface area contributed by atoms with Gasteiger partial charge in [-0.25, -0.2) is 14.3 Å². The molecule has 0 amide bonds. The van der Waals surface area contributed by atoms with Gasteiger partial charge in [-0.1, -0.05) is 6.07 Å². The fourth-order valence-corrected chi connectivity index (χ4v) is 2.17. The minimum Gasteiger partial charge on any atom is -0.497 e. The van der Waals surface area contributed by atoms with Gasteiger partial charge in [0.2, 0.25) is 0 Å². The van der Waals surface area contributed by atoms with Gasteiger partial charge in [-0.15, -0.1) is 0 Å². The Kier molecular flexibility index (Phi) is 4.20. The predicted octanol–water partition coefficient (Wildman–Crippen LogP) is 2.10. The highest BCUT2D eigenvalue weighted by molar-refractivity contribution is 5.96. The Bertz CT molecular complexity index is 844. The van der Waals surface area contributed by atoms with Gasteiger partial charge < -0.3 is 14.2 Å². The molecule has 0 fully saturated rings. The van der Waals surface area contributed by atoms with Gasteiger partial charge in [0.05, 0.1) is 25.6 Å². The molecule has 2 heterocycles. The molecular weight excluding hydrogens is 298 g/mol. The molecule has 23 heavy (non-hydrogen) atoms. The van der Waals surface area contributed by atoms with E-state index in [1.807, 2.05) is 0 Å². The topological polar surface area (TPSA) is 75.0 Å². The number of hydrogen-bond donors (Lipinski definition) is 0. The van der Waals surface area contributed by atoms with E-state index >= 15 is 0 Å². The number of aromatic nitrogens is 3. The maximum absolute atomic E-state index is 12.4. The minimum absolute atomic E-state index is 0.283. The smallest absolute Gasteiger partial charge is 0.349 e. The van der Waals surface area contributed by atoms with E-state index in [1.54, 1.807) is 55.3 Å². The van der Waals surface area contributed by atoms with Gasteiger partial charge in [-0.2, -0.15) is 5.10 Å². The molecular formula is C16H15N3O4. The third-order valence-corrected chi connectivity index (χ3v) is 3.24. The molecule has 3 rings (SSSR count). The Morgan fingerprint density at radius 2 is 2.04 bits per heavy atom. The first-order valence-corrected chi connectivity index (χ1v) is 6.89. The molecule has 0 bridgehead atoms. The van der Waals surface area contributed by atoms with E-state index < -0.39 is 5.97 Å². The summed E-state index contributed by atoms with van der Waals surface area (Å²) >= 11 is 0. The van der Waals surface area contributed by atoms with E-state index in [4.69, 9.17) is 14.2 Å². The lowest BCUT2D eigenvalue weighted by Crippen LogP contribution is -2.09. The second kappa shape index (κ2) is 6.45. The van der Waals surface area contributed by atoms with E-state index in [-0.39, 0.29) is 5.56 Å². The van der Waals surface area contributed by atoms with Gasteiger partial charge in [-0.05, 0) is 18.2 Å². The normalized spacial score (nSPS) is 10.7. The summed E-state index contributed by atoms with van der Waals surface area (Å²) in [5.41, 5.74) is 1.50. The summed E-state index contributed by atoms with van der Waals surface area (Å²) in [6, 6.07) is 8.60. The van der Waals surface area contributed by atoms with Crippen molar-refractivity contribution in [1.82, 2.24) is 14.6 Å². The quantitative estimate of drug-likeness (QED) is 0.530. The number of carbonyl (C=O) groups is 1. The monoisotopic (exact) mass is 313 g/mol. The highest BCUT2D eigenvalue weighted by Crippen LogP contribution is 2.21. The molecule has 0 aliphatic heterocycles. The number of ether oxygens (including phenoxy) is 3. The molecule has 0 aliphatic carbocycles. The van der Waals surface area contributed by atoms with Gasteiger partial charge in [0.15, 0.2) is 5.65 Å². The summed E-state index contributed by atoms with van der Waals surface area (Å²) in [6.45, 7) is 0.366. The summed E-state index contributed by atoms with van der Waals surface area (Å²) in [4.78, 5) is 16.6. The molecule has 1 aromatic carbocycles. The van der Waals surface area contributed by atoms with Crippen LogP contribution >= 0.6 is 0 Å². The van der Waals surface area contributed by atoms with Gasteiger partial charge in [0.25, 0.3) is 0 Å². The van der Waals surface area contributed by atoms with Crippen molar-refractivity contribution in [2.24, 2.45) is 0 Å². The van der Waals surface area contributed by atoms with Crippen molar-refractivity contribution < 1.29 is 19.0 Å². The molecule has 0 aliphatic rings. The van der Waals surface area contributed by atoms with Gasteiger partial charge >= 0.3 is 5.97 Å². The SMILES string of the molecule is COCc1ccnc2c(C(=O)Oc3cccc(OC)c3)cnn12. The second-order valence-electron chi connectivity index (χ2n) is 4.73. The van der Waals surface area contributed by atoms with E-state index in [0.717, 1.165) is 5.69 Å². The summed E-state index contributed by atoms with van der Waals surface area (Å²) in [6.07, 6.45) is 3.04. The molecule has 0 atom stereocenters. The summed E-state index contributed by atoms with van der Waals surface area (Å²) in [7, 11) is 3.14. The Labute approximate surface area is 132 Å². The highest BCUT2D eigenvalue weighted by atomic mass is 16.5. The van der Waals surface area contributed by atoms with E-state index in [9.17, 15) is 4.79 Å². The second-order valence-corrected chi connectivity index (χ2v) is 4.73. The maximum Gasteiger partial charge on any atom is 0.349 e. The number of methoxy groups -OCH3 is 2. The lowest BCUT2D eigenvalue weighted by molar-refractivity contribution is 0.0736. The van der Waals surface area contributed by atoms with Crippen LogP contribution in [0.5, 0.6) is 11.5 Å². The Hall–Kier alpha value is -2.93. The van der Waals surface area contributed by atoms with Gasteiger partial charge in [-0.3, -0.25) is 0 Å². The van der Waals surface area contributed by atoms with Crippen LogP contribution in [-0.4, -0.2) is 34.8 Å². The van der Waals surface area contributed by atoms with E-state index in [0.29, 0.717) is 23.8 Å². The molecule has 2 aromatic heterocycles. The Morgan fingerprint density at radius 3 is 2.83 bits per heavy atom. The van der Waals surface area contributed by atoms with Crippen LogP contribution in [0.25, 0.3) is 5.65 Å². The minimum atomic E-state index is -0.532. The zero-order valence-corrected chi connectivity index (χ0v) is 12.7. The average Bonchev–Trinajstić information content (AvgIpc) is 3.00. The van der Waals surface area contributed by atoms with Crippen LogP contribution in [0.2, 0.25) is 0 Å². The van der Waals surface area contributed by atoms with Crippen molar-refractivity contribution >= 4 is 11.6 Å². The lowest BCUT2D eigenvalue weighted by atomic mass is 10.3. The number of carbonyl (C=O) groups excluding carboxylic acids is 1. The number of fused-ring (bicyclic) bond motifs is 1. The summed E-state index contributed by atoms with van der Waals surface area (Å²) < 4.78 is 17.1. The van der Waals surface area contributed by atoms with Crippen LogP contribution in [0.4, 0.5) is 0 Å². The van der Waals surface area contributed by atoms with Crippen LogP contribution in [0, 0.1) is 0 Å². The van der Waals surface area contributed by atoms with Crippen molar-refractivity contribution in [1.29, 1.82) is 0 Å². The summed E-state index contributed by atoms with van der Waals surface area (Å²) in [5, 5.41) is 4.18. The summed E-state index contributed by atoms with van der Waals surface area (Å²) in [5.74, 6) is 0.465. The first-order chi connectivity index (χ1) is 11.2. The van der Waals surface area contributed by atoms with E-state index in [2.05, 4.69) is 10.1 Å². The zero-order chi connectivity index (χ0) is 16.2. The Balaban J connectivity index is 1.90. The number of esters is 1. The molecule has 7 heteroatoms. The molecule has 7 nitrogen and oxygen atoms in total. The van der Waals surface area contributed by atoms with Crippen LogP contribution in [0.3, 0.4) is 0 Å². The van der Waals surface area contributed by atoms with Gasteiger partial charge in [0, 0.05) is 19.4 Å². The van der Waals surface area contributed by atoms with Crippen LogP contribution < -0.4 is 9.47 Å². The third-order valence-electron chi connectivity index (χ3n) is 3.24. The molecule has 118 valence electrons. The molecule has 0 spiro atoms. The molecule has 0 saturated heterocycles. The number of nitrogens with zero attached hydrogens (tertiary/aromatic N) is 3. The fourth-order valence-electron chi connectivity index (χ4n) is 2.17. The van der Waals surface area contributed by atoms with Crippen LogP contribution in [0.15, 0.2) is 42.7 Å². The number of benzene rings is 1. The molecule has 3 aromatic rings. The maximum atomic E-state index is 12.4. The first-order valence-electron chi connectivity index (χ1n) is 6.89. The standard InChI is InChI=1S/C16H15N3O4/c1-21-10-11-6-7-17-15-14(9-18-19(11)15)16(20)23-13-5-3-4-12(8-13)22-2/h3-9H,10H2,1-2H3. The Morgan fingerprint density at radius 1 is 1.22 bits per heavy atom. The van der Waals surface area contributed by atoms with Crippen molar-refractivity contribution in [3.8, 4) is 11.5 Å². The zero-order valence-electron chi connectivity index (χ0n) is 12.7. The predicted molar refractivity (Wildman–Crippen MR) is 81.7 cm³/mol. The van der Waals surface area contributed by atoms with Gasteiger partial charge in [0.1, 0.15) is 17.1 Å². The number of rotatable bonds is 5. The molecule has 0 N–H and O–H groups in total. The van der Waals surface area contributed by atoms with Crippen LogP contribution in [-0.2, 0) is 11.3 Å².